The van der Waals surface area contributed by atoms with Crippen molar-refractivity contribution in [1.82, 2.24) is 5.32 Å². The molecular weight excluding hydrogens is 278 g/mol. The van der Waals surface area contributed by atoms with Crippen LogP contribution in [0.1, 0.15) is 63.1 Å². The molecule has 0 heterocycles. The lowest BCUT2D eigenvalue weighted by Crippen LogP contribution is -2.35. The quantitative estimate of drug-likeness (QED) is 0.610. The molecule has 0 saturated heterocycles. The molecule has 21 heavy (non-hydrogen) atoms. The van der Waals surface area contributed by atoms with Gasteiger partial charge in [-0.25, -0.2) is 0 Å². The molecule has 3 heteroatoms. The van der Waals surface area contributed by atoms with Gasteiger partial charge in [-0.2, -0.15) is 0 Å². The van der Waals surface area contributed by atoms with Crippen molar-refractivity contribution in [2.75, 3.05) is 12.3 Å². The fraction of sp³-hybridized carbons (Fsp3) is 0.667. The Morgan fingerprint density at radius 2 is 2.05 bits per heavy atom. The summed E-state index contributed by atoms with van der Waals surface area (Å²) >= 11 is 0. The van der Waals surface area contributed by atoms with Crippen molar-refractivity contribution in [1.29, 1.82) is 0 Å². The molecule has 0 saturated carbocycles. The van der Waals surface area contributed by atoms with Crippen LogP contribution in [-0.2, 0) is 17.2 Å². The molecule has 0 aliphatic heterocycles. The second-order valence-corrected chi connectivity index (χ2v) is 7.73. The summed E-state index contributed by atoms with van der Waals surface area (Å²) in [5.74, 6) is 0.864. The minimum absolute atomic E-state index is 0.260. The van der Waals surface area contributed by atoms with E-state index in [0.29, 0.717) is 0 Å². The van der Waals surface area contributed by atoms with Crippen LogP contribution >= 0.6 is 0 Å². The summed E-state index contributed by atoms with van der Waals surface area (Å²) in [6.07, 6.45) is 6.84. The van der Waals surface area contributed by atoms with E-state index in [1.54, 1.807) is 0 Å². The highest BCUT2D eigenvalue weighted by atomic mass is 32.2. The molecule has 1 N–H and O–H groups in total. The molecule has 0 fully saturated rings. The third-order valence-electron chi connectivity index (χ3n) is 4.41. The maximum atomic E-state index is 12.8. The van der Waals surface area contributed by atoms with Gasteiger partial charge in [-0.05, 0) is 43.4 Å². The second-order valence-electron chi connectivity index (χ2n) is 5.96. The van der Waals surface area contributed by atoms with E-state index >= 15 is 0 Å². The Morgan fingerprint density at radius 3 is 2.81 bits per heavy atom. The molecule has 118 valence electrons. The SMILES string of the molecule is CCCCCS(=O)C1CCCc2ccccc2C1NCC. The molecule has 0 aromatic heterocycles. The van der Waals surface area contributed by atoms with E-state index in [1.165, 1.54) is 24.0 Å². The Bertz CT molecular complexity index is 460. The van der Waals surface area contributed by atoms with Gasteiger partial charge in [0.05, 0.1) is 5.25 Å². The fourth-order valence-electron chi connectivity index (χ4n) is 3.32. The summed E-state index contributed by atoms with van der Waals surface area (Å²) in [6, 6.07) is 8.97. The first-order chi connectivity index (χ1) is 10.3. The number of benzene rings is 1. The largest absolute Gasteiger partial charge is 0.309 e. The third kappa shape index (κ3) is 4.40. The Labute approximate surface area is 132 Å². The van der Waals surface area contributed by atoms with E-state index in [-0.39, 0.29) is 11.3 Å². The summed E-state index contributed by atoms with van der Waals surface area (Å²) in [4.78, 5) is 0. The molecule has 3 unspecified atom stereocenters. The Hall–Kier alpha value is -0.670. The Kier molecular flexibility index (Phi) is 6.91. The predicted octanol–water partition coefficient (Wildman–Crippen LogP) is 3.98. The van der Waals surface area contributed by atoms with Gasteiger partial charge in [0.2, 0.25) is 0 Å². The highest BCUT2D eigenvalue weighted by molar-refractivity contribution is 7.85. The number of nitrogens with one attached hydrogen (secondary N) is 1. The number of hydrogen-bond donors (Lipinski definition) is 1. The van der Waals surface area contributed by atoms with Crippen LogP contribution in [0.5, 0.6) is 0 Å². The number of rotatable bonds is 7. The number of hydrogen-bond acceptors (Lipinski definition) is 2. The predicted molar refractivity (Wildman–Crippen MR) is 92.1 cm³/mol. The van der Waals surface area contributed by atoms with Crippen molar-refractivity contribution in [2.45, 2.75) is 63.7 Å². The van der Waals surface area contributed by atoms with E-state index in [2.05, 4.69) is 43.4 Å². The van der Waals surface area contributed by atoms with E-state index in [1.807, 2.05) is 0 Å². The summed E-state index contributed by atoms with van der Waals surface area (Å²) in [7, 11) is -0.720. The van der Waals surface area contributed by atoms with Gasteiger partial charge in [0.15, 0.2) is 0 Å². The van der Waals surface area contributed by atoms with Gasteiger partial charge in [-0.15, -0.1) is 0 Å². The smallest absolute Gasteiger partial charge is 0.0543 e. The van der Waals surface area contributed by atoms with Crippen LogP contribution in [0.15, 0.2) is 24.3 Å². The van der Waals surface area contributed by atoms with Crippen molar-refractivity contribution in [2.24, 2.45) is 0 Å². The Balaban J connectivity index is 2.17. The average molecular weight is 308 g/mol. The highest BCUT2D eigenvalue weighted by Crippen LogP contribution is 2.32. The van der Waals surface area contributed by atoms with E-state index in [4.69, 9.17) is 0 Å². The van der Waals surface area contributed by atoms with Crippen LogP contribution in [0.4, 0.5) is 0 Å². The highest BCUT2D eigenvalue weighted by Gasteiger charge is 2.30. The van der Waals surface area contributed by atoms with Crippen LogP contribution in [0.2, 0.25) is 0 Å². The number of unbranched alkanes of at least 4 members (excludes halogenated alkanes) is 2. The van der Waals surface area contributed by atoms with E-state index < -0.39 is 10.8 Å². The molecule has 3 atom stereocenters. The van der Waals surface area contributed by atoms with Crippen LogP contribution in [0.25, 0.3) is 0 Å². The van der Waals surface area contributed by atoms with Gasteiger partial charge in [-0.3, -0.25) is 4.21 Å². The average Bonchev–Trinajstić information content (AvgIpc) is 2.68. The van der Waals surface area contributed by atoms with Gasteiger partial charge in [0, 0.05) is 22.6 Å². The lowest BCUT2D eigenvalue weighted by molar-refractivity contribution is 0.503. The summed E-state index contributed by atoms with van der Waals surface area (Å²) in [6.45, 7) is 5.28. The Morgan fingerprint density at radius 1 is 1.24 bits per heavy atom. The maximum absolute atomic E-state index is 12.8. The topological polar surface area (TPSA) is 29.1 Å². The first kappa shape index (κ1) is 16.7. The monoisotopic (exact) mass is 307 g/mol. The molecule has 1 aliphatic carbocycles. The van der Waals surface area contributed by atoms with Crippen LogP contribution in [0, 0.1) is 0 Å². The summed E-state index contributed by atoms with van der Waals surface area (Å²) in [5, 5.41) is 3.88. The van der Waals surface area contributed by atoms with Gasteiger partial charge >= 0.3 is 0 Å². The van der Waals surface area contributed by atoms with Crippen molar-refractivity contribution >= 4 is 10.8 Å². The van der Waals surface area contributed by atoms with Gasteiger partial charge in [-0.1, -0.05) is 51.0 Å². The zero-order valence-corrected chi connectivity index (χ0v) is 14.3. The summed E-state index contributed by atoms with van der Waals surface area (Å²) < 4.78 is 12.8. The molecule has 2 nitrogen and oxygen atoms in total. The van der Waals surface area contributed by atoms with Gasteiger partial charge in [0.1, 0.15) is 0 Å². The van der Waals surface area contributed by atoms with Crippen molar-refractivity contribution in [3.05, 3.63) is 35.4 Å². The molecule has 0 amide bonds. The van der Waals surface area contributed by atoms with E-state index in [9.17, 15) is 4.21 Å². The maximum Gasteiger partial charge on any atom is 0.0543 e. The molecule has 0 bridgehead atoms. The van der Waals surface area contributed by atoms with Gasteiger partial charge < -0.3 is 5.32 Å². The van der Waals surface area contributed by atoms with Crippen LogP contribution in [0.3, 0.4) is 0 Å². The lowest BCUT2D eigenvalue weighted by Gasteiger charge is -2.27. The second kappa shape index (κ2) is 8.70. The van der Waals surface area contributed by atoms with Crippen LogP contribution < -0.4 is 5.32 Å². The minimum Gasteiger partial charge on any atom is -0.309 e. The molecule has 1 aliphatic rings. The van der Waals surface area contributed by atoms with Crippen molar-refractivity contribution in [3.8, 4) is 0 Å². The fourth-order valence-corrected chi connectivity index (χ4v) is 5.08. The first-order valence-corrected chi connectivity index (χ1v) is 9.84. The van der Waals surface area contributed by atoms with Crippen molar-refractivity contribution in [3.63, 3.8) is 0 Å². The normalized spacial score (nSPS) is 23.3. The molecule has 1 aromatic rings. The minimum atomic E-state index is -0.720. The molecule has 2 rings (SSSR count). The zero-order chi connectivity index (χ0) is 15.1. The molecule has 0 radical (unpaired) electrons. The lowest BCUT2D eigenvalue weighted by atomic mass is 9.99. The van der Waals surface area contributed by atoms with Gasteiger partial charge in [0.25, 0.3) is 0 Å². The third-order valence-corrected chi connectivity index (χ3v) is 6.28. The van der Waals surface area contributed by atoms with Crippen molar-refractivity contribution < 1.29 is 4.21 Å². The number of fused-ring (bicyclic) bond motifs is 1. The van der Waals surface area contributed by atoms with Crippen LogP contribution in [-0.4, -0.2) is 21.8 Å². The van der Waals surface area contributed by atoms with E-state index in [0.717, 1.165) is 38.0 Å². The first-order valence-electron chi connectivity index (χ1n) is 8.46. The zero-order valence-electron chi connectivity index (χ0n) is 13.4. The summed E-state index contributed by atoms with van der Waals surface area (Å²) in [5.41, 5.74) is 2.82. The number of aryl methyl sites for hydroxylation is 1. The molecule has 1 aromatic carbocycles. The standard InChI is InChI=1S/C18H29NOS/c1-3-5-8-14-21(20)17-13-9-11-15-10-6-7-12-16(15)18(17)19-4-2/h6-7,10,12,17-19H,3-5,8-9,11,13-14H2,1-2H3. The molecular formula is C18H29NOS. The molecule has 0 spiro atoms.